The Hall–Kier alpha value is -2.75. The first-order valence-electron chi connectivity index (χ1n) is 10.2. The van der Waals surface area contributed by atoms with Gasteiger partial charge in [-0.05, 0) is 47.2 Å². The average molecular weight is 387 g/mol. The molecule has 1 N–H and O–H groups in total. The summed E-state index contributed by atoms with van der Waals surface area (Å²) in [6.07, 6.45) is 5.61. The molecular weight excluding hydrogens is 361 g/mol. The smallest absolute Gasteiger partial charge is 0.123 e. The highest BCUT2D eigenvalue weighted by Crippen LogP contribution is 2.32. The maximum atomic E-state index is 13.5. The van der Waals surface area contributed by atoms with Crippen LogP contribution in [0.4, 0.5) is 4.39 Å². The zero-order valence-corrected chi connectivity index (χ0v) is 16.4. The van der Waals surface area contributed by atoms with Gasteiger partial charge >= 0.3 is 0 Å². The molecule has 148 valence electrons. The standard InChI is InChI=1S/C26H26FNO/c27-24-10-4-9-23(18-24)21-11-13-22(14-12-21)26-19-25(29)15-17-28(26)16-5-8-20-6-2-1-3-7-20/h1-14,18,25-26,29H,15-17,19H2/b8-5+. The van der Waals surface area contributed by atoms with Gasteiger partial charge in [0.15, 0.2) is 0 Å². The monoisotopic (exact) mass is 387 g/mol. The summed E-state index contributed by atoms with van der Waals surface area (Å²) in [4.78, 5) is 2.42. The maximum Gasteiger partial charge on any atom is 0.123 e. The minimum atomic E-state index is -0.266. The SMILES string of the molecule is OC1CCN(C/C=C/c2ccccc2)C(c2ccc(-c3cccc(F)c3)cc2)C1. The molecule has 1 aliphatic rings. The van der Waals surface area contributed by atoms with E-state index >= 15 is 0 Å². The third kappa shape index (κ3) is 5.00. The number of likely N-dealkylation sites (tertiary alicyclic amines) is 1. The Morgan fingerprint density at radius 1 is 0.931 bits per heavy atom. The van der Waals surface area contributed by atoms with E-state index in [0.29, 0.717) is 0 Å². The summed E-state index contributed by atoms with van der Waals surface area (Å²) in [5, 5.41) is 10.2. The molecule has 2 atom stereocenters. The van der Waals surface area contributed by atoms with Gasteiger partial charge in [0.25, 0.3) is 0 Å². The highest BCUT2D eigenvalue weighted by Gasteiger charge is 2.27. The van der Waals surface area contributed by atoms with Crippen molar-refractivity contribution in [3.05, 3.63) is 102 Å². The maximum absolute atomic E-state index is 13.5. The summed E-state index contributed by atoms with van der Waals surface area (Å²) in [6.45, 7) is 1.72. The van der Waals surface area contributed by atoms with Crippen LogP contribution in [0.2, 0.25) is 0 Å². The van der Waals surface area contributed by atoms with Gasteiger partial charge in [0.05, 0.1) is 6.10 Å². The van der Waals surface area contributed by atoms with Gasteiger partial charge < -0.3 is 5.11 Å². The van der Waals surface area contributed by atoms with E-state index in [9.17, 15) is 9.50 Å². The molecule has 0 aliphatic carbocycles. The van der Waals surface area contributed by atoms with Crippen LogP contribution in [0.5, 0.6) is 0 Å². The van der Waals surface area contributed by atoms with Crippen LogP contribution in [0.3, 0.4) is 0 Å². The molecule has 2 unspecified atom stereocenters. The molecule has 0 radical (unpaired) electrons. The first-order valence-corrected chi connectivity index (χ1v) is 10.2. The van der Waals surface area contributed by atoms with E-state index in [1.165, 1.54) is 17.2 Å². The molecule has 1 heterocycles. The number of hydrogen-bond donors (Lipinski definition) is 1. The Labute approximate surface area is 171 Å². The molecule has 4 rings (SSSR count). The number of benzene rings is 3. The number of aliphatic hydroxyl groups excluding tert-OH is 1. The Morgan fingerprint density at radius 2 is 1.72 bits per heavy atom. The molecule has 0 aromatic heterocycles. The normalized spacial score (nSPS) is 20.2. The molecule has 0 saturated carbocycles. The summed E-state index contributed by atoms with van der Waals surface area (Å²) in [7, 11) is 0. The number of halogens is 1. The molecule has 3 aromatic rings. The molecule has 29 heavy (non-hydrogen) atoms. The quantitative estimate of drug-likeness (QED) is 0.607. The Balaban J connectivity index is 1.50. The lowest BCUT2D eigenvalue weighted by atomic mass is 9.92. The van der Waals surface area contributed by atoms with E-state index in [1.807, 2.05) is 36.4 Å². The zero-order chi connectivity index (χ0) is 20.1. The van der Waals surface area contributed by atoms with Crippen LogP contribution >= 0.6 is 0 Å². The first kappa shape index (κ1) is 19.6. The van der Waals surface area contributed by atoms with Crippen molar-refractivity contribution in [2.45, 2.75) is 25.0 Å². The Morgan fingerprint density at radius 3 is 2.48 bits per heavy atom. The van der Waals surface area contributed by atoms with Gasteiger partial charge in [-0.15, -0.1) is 0 Å². The highest BCUT2D eigenvalue weighted by molar-refractivity contribution is 5.63. The van der Waals surface area contributed by atoms with Crippen molar-refractivity contribution in [3.63, 3.8) is 0 Å². The van der Waals surface area contributed by atoms with E-state index in [2.05, 4.69) is 41.3 Å². The summed E-state index contributed by atoms with van der Waals surface area (Å²) in [5.41, 5.74) is 4.26. The molecule has 2 nitrogen and oxygen atoms in total. The van der Waals surface area contributed by atoms with Gasteiger partial charge in [-0.25, -0.2) is 4.39 Å². The molecule has 3 heteroatoms. The largest absolute Gasteiger partial charge is 0.393 e. The zero-order valence-electron chi connectivity index (χ0n) is 16.4. The molecule has 0 spiro atoms. The molecule has 3 aromatic carbocycles. The minimum Gasteiger partial charge on any atom is -0.393 e. The van der Waals surface area contributed by atoms with Crippen LogP contribution in [0.15, 0.2) is 84.9 Å². The molecule has 1 aliphatic heterocycles. The average Bonchev–Trinajstić information content (AvgIpc) is 2.76. The third-order valence-electron chi connectivity index (χ3n) is 5.59. The lowest BCUT2D eigenvalue weighted by Crippen LogP contribution is -2.38. The van der Waals surface area contributed by atoms with Gasteiger partial charge in [0.2, 0.25) is 0 Å². The van der Waals surface area contributed by atoms with E-state index < -0.39 is 0 Å². The highest BCUT2D eigenvalue weighted by atomic mass is 19.1. The van der Waals surface area contributed by atoms with Crippen molar-refractivity contribution in [1.82, 2.24) is 4.90 Å². The van der Waals surface area contributed by atoms with Crippen molar-refractivity contribution in [2.75, 3.05) is 13.1 Å². The summed E-state index contributed by atoms with van der Waals surface area (Å²) in [6, 6.07) is 25.5. The lowest BCUT2D eigenvalue weighted by Gasteiger charge is -2.37. The van der Waals surface area contributed by atoms with Crippen LogP contribution < -0.4 is 0 Å². The second-order valence-electron chi connectivity index (χ2n) is 7.63. The molecule has 1 fully saturated rings. The Kier molecular flexibility index (Phi) is 6.18. The number of aliphatic hydroxyl groups is 1. The summed E-state index contributed by atoms with van der Waals surface area (Å²) < 4.78 is 13.5. The van der Waals surface area contributed by atoms with Crippen molar-refractivity contribution in [3.8, 4) is 11.1 Å². The van der Waals surface area contributed by atoms with Crippen molar-refractivity contribution >= 4 is 6.08 Å². The van der Waals surface area contributed by atoms with Crippen LogP contribution in [0.1, 0.15) is 30.0 Å². The summed E-state index contributed by atoms with van der Waals surface area (Å²) >= 11 is 0. The fraction of sp³-hybridized carbons (Fsp3) is 0.231. The van der Waals surface area contributed by atoms with E-state index in [1.54, 1.807) is 12.1 Å². The van der Waals surface area contributed by atoms with Gasteiger partial charge in [0.1, 0.15) is 5.82 Å². The molecule has 0 amide bonds. The number of hydrogen-bond acceptors (Lipinski definition) is 2. The van der Waals surface area contributed by atoms with Crippen LogP contribution in [0, 0.1) is 5.82 Å². The second-order valence-corrected chi connectivity index (χ2v) is 7.63. The topological polar surface area (TPSA) is 23.5 Å². The number of nitrogens with zero attached hydrogens (tertiary/aromatic N) is 1. The molecule has 0 bridgehead atoms. The fourth-order valence-electron chi connectivity index (χ4n) is 4.01. The first-order chi connectivity index (χ1) is 14.2. The summed E-state index contributed by atoms with van der Waals surface area (Å²) in [5.74, 6) is -0.224. The van der Waals surface area contributed by atoms with E-state index in [0.717, 1.165) is 37.1 Å². The molecular formula is C26H26FNO. The van der Waals surface area contributed by atoms with Gasteiger partial charge in [-0.2, -0.15) is 0 Å². The predicted octanol–water partition coefficient (Wildman–Crippen LogP) is 5.70. The Bertz CT molecular complexity index is 952. The third-order valence-corrected chi connectivity index (χ3v) is 5.59. The number of rotatable bonds is 5. The van der Waals surface area contributed by atoms with Crippen LogP contribution in [-0.2, 0) is 0 Å². The van der Waals surface area contributed by atoms with Gasteiger partial charge in [-0.3, -0.25) is 4.90 Å². The van der Waals surface area contributed by atoms with E-state index in [4.69, 9.17) is 0 Å². The van der Waals surface area contributed by atoms with Crippen molar-refractivity contribution in [1.29, 1.82) is 0 Å². The van der Waals surface area contributed by atoms with Crippen LogP contribution in [0.25, 0.3) is 17.2 Å². The fourth-order valence-corrected chi connectivity index (χ4v) is 4.01. The predicted molar refractivity (Wildman–Crippen MR) is 117 cm³/mol. The second kappa shape index (κ2) is 9.17. The van der Waals surface area contributed by atoms with E-state index in [-0.39, 0.29) is 18.0 Å². The number of piperidine rings is 1. The van der Waals surface area contributed by atoms with Crippen molar-refractivity contribution in [2.24, 2.45) is 0 Å². The minimum absolute atomic E-state index is 0.181. The molecule has 1 saturated heterocycles. The van der Waals surface area contributed by atoms with Gasteiger partial charge in [0, 0.05) is 19.1 Å². The lowest BCUT2D eigenvalue weighted by molar-refractivity contribution is 0.0474. The van der Waals surface area contributed by atoms with Crippen molar-refractivity contribution < 1.29 is 9.50 Å². The van der Waals surface area contributed by atoms with Crippen LogP contribution in [-0.4, -0.2) is 29.2 Å². The van der Waals surface area contributed by atoms with Gasteiger partial charge in [-0.1, -0.05) is 78.9 Å².